The molecule has 2 aromatic rings. The Hall–Kier alpha value is -1.58. The molecule has 0 bridgehead atoms. The molecule has 0 spiro atoms. The van der Waals surface area contributed by atoms with Gasteiger partial charge in [0, 0.05) is 12.2 Å². The standard InChI is InChI=1S/C17H22O3/c1-13(2)12-19-9-10-20-17-8-7-14-5-3-4-6-15(14)16(17)11-18/h3-8,13,18H,9-12H2,1-2H3. The molecule has 20 heavy (non-hydrogen) atoms. The van der Waals surface area contributed by atoms with Crippen LogP contribution in [0, 0.1) is 5.92 Å². The van der Waals surface area contributed by atoms with Gasteiger partial charge in [-0.05, 0) is 22.8 Å². The summed E-state index contributed by atoms with van der Waals surface area (Å²) >= 11 is 0. The summed E-state index contributed by atoms with van der Waals surface area (Å²) in [6, 6.07) is 11.9. The summed E-state index contributed by atoms with van der Waals surface area (Å²) in [6.07, 6.45) is 0. The lowest BCUT2D eigenvalue weighted by molar-refractivity contribution is 0.0812. The Morgan fingerprint density at radius 3 is 2.60 bits per heavy atom. The molecule has 0 aliphatic heterocycles. The first-order valence-electron chi connectivity index (χ1n) is 7.04. The van der Waals surface area contributed by atoms with Crippen molar-refractivity contribution in [3.63, 3.8) is 0 Å². The number of fused-ring (bicyclic) bond motifs is 1. The van der Waals surface area contributed by atoms with Crippen LogP contribution in [0.25, 0.3) is 10.8 Å². The van der Waals surface area contributed by atoms with Crippen LogP contribution in [-0.4, -0.2) is 24.9 Å². The Morgan fingerprint density at radius 2 is 1.85 bits per heavy atom. The summed E-state index contributed by atoms with van der Waals surface area (Å²) < 4.78 is 11.2. The van der Waals surface area contributed by atoms with Crippen molar-refractivity contribution < 1.29 is 14.6 Å². The van der Waals surface area contributed by atoms with E-state index in [1.165, 1.54) is 0 Å². The van der Waals surface area contributed by atoms with Gasteiger partial charge in [0.25, 0.3) is 0 Å². The fourth-order valence-corrected chi connectivity index (χ4v) is 2.14. The van der Waals surface area contributed by atoms with Crippen molar-refractivity contribution in [1.82, 2.24) is 0 Å². The van der Waals surface area contributed by atoms with E-state index in [9.17, 15) is 5.11 Å². The average molecular weight is 274 g/mol. The van der Waals surface area contributed by atoms with E-state index in [1.807, 2.05) is 36.4 Å². The van der Waals surface area contributed by atoms with E-state index >= 15 is 0 Å². The van der Waals surface area contributed by atoms with Crippen LogP contribution in [0.2, 0.25) is 0 Å². The lowest BCUT2D eigenvalue weighted by Gasteiger charge is -2.13. The van der Waals surface area contributed by atoms with Crippen LogP contribution in [0.15, 0.2) is 36.4 Å². The van der Waals surface area contributed by atoms with Crippen LogP contribution in [0.3, 0.4) is 0 Å². The van der Waals surface area contributed by atoms with E-state index in [2.05, 4.69) is 13.8 Å². The Balaban J connectivity index is 2.02. The molecular weight excluding hydrogens is 252 g/mol. The third kappa shape index (κ3) is 3.71. The van der Waals surface area contributed by atoms with Gasteiger partial charge in [-0.2, -0.15) is 0 Å². The summed E-state index contributed by atoms with van der Waals surface area (Å²) in [5, 5.41) is 11.7. The molecule has 108 valence electrons. The highest BCUT2D eigenvalue weighted by Gasteiger charge is 2.07. The second-order valence-corrected chi connectivity index (χ2v) is 5.24. The number of aliphatic hydroxyl groups excluding tert-OH is 1. The van der Waals surface area contributed by atoms with Crippen LogP contribution in [0.4, 0.5) is 0 Å². The summed E-state index contributed by atoms with van der Waals surface area (Å²) in [7, 11) is 0. The maximum absolute atomic E-state index is 9.58. The van der Waals surface area contributed by atoms with Crippen LogP contribution >= 0.6 is 0 Å². The summed E-state index contributed by atoms with van der Waals surface area (Å²) in [4.78, 5) is 0. The fourth-order valence-electron chi connectivity index (χ4n) is 2.14. The molecule has 0 fully saturated rings. The van der Waals surface area contributed by atoms with Crippen molar-refractivity contribution in [2.75, 3.05) is 19.8 Å². The molecule has 3 nitrogen and oxygen atoms in total. The summed E-state index contributed by atoms with van der Waals surface area (Å²) in [5.41, 5.74) is 0.840. The van der Waals surface area contributed by atoms with Gasteiger partial charge >= 0.3 is 0 Å². The minimum absolute atomic E-state index is 0.0243. The molecule has 0 radical (unpaired) electrons. The van der Waals surface area contributed by atoms with Gasteiger partial charge in [0.1, 0.15) is 12.4 Å². The number of hydrogen-bond acceptors (Lipinski definition) is 3. The summed E-state index contributed by atoms with van der Waals surface area (Å²) in [6.45, 7) is 6.02. The van der Waals surface area contributed by atoms with Crippen molar-refractivity contribution in [2.24, 2.45) is 5.92 Å². The smallest absolute Gasteiger partial charge is 0.125 e. The first kappa shape index (κ1) is 14.8. The fraction of sp³-hybridized carbons (Fsp3) is 0.412. The third-order valence-corrected chi connectivity index (χ3v) is 3.09. The number of aliphatic hydroxyl groups is 1. The molecule has 0 saturated heterocycles. The monoisotopic (exact) mass is 274 g/mol. The zero-order valence-corrected chi connectivity index (χ0v) is 12.1. The van der Waals surface area contributed by atoms with Crippen molar-refractivity contribution in [3.8, 4) is 5.75 Å². The van der Waals surface area contributed by atoms with Crippen LogP contribution in [0.5, 0.6) is 5.75 Å². The van der Waals surface area contributed by atoms with Gasteiger partial charge in [0.2, 0.25) is 0 Å². The van der Waals surface area contributed by atoms with Crippen LogP contribution in [-0.2, 0) is 11.3 Å². The Bertz CT molecular complexity index is 549. The minimum Gasteiger partial charge on any atom is -0.491 e. The predicted molar refractivity (Wildman–Crippen MR) is 81.0 cm³/mol. The van der Waals surface area contributed by atoms with Gasteiger partial charge in [-0.1, -0.05) is 44.2 Å². The Kier molecular flexibility index (Phi) is 5.39. The van der Waals surface area contributed by atoms with Gasteiger partial charge in [0.15, 0.2) is 0 Å². The van der Waals surface area contributed by atoms with E-state index < -0.39 is 0 Å². The first-order chi connectivity index (χ1) is 9.72. The van der Waals surface area contributed by atoms with Gasteiger partial charge in [0.05, 0.1) is 13.2 Å². The topological polar surface area (TPSA) is 38.7 Å². The van der Waals surface area contributed by atoms with E-state index in [4.69, 9.17) is 9.47 Å². The largest absolute Gasteiger partial charge is 0.491 e. The zero-order valence-electron chi connectivity index (χ0n) is 12.1. The maximum Gasteiger partial charge on any atom is 0.125 e. The highest BCUT2D eigenvalue weighted by molar-refractivity contribution is 5.87. The molecule has 0 aromatic heterocycles. The van der Waals surface area contributed by atoms with Gasteiger partial charge in [-0.25, -0.2) is 0 Å². The van der Waals surface area contributed by atoms with E-state index in [0.717, 1.165) is 28.7 Å². The number of benzene rings is 2. The molecule has 0 atom stereocenters. The van der Waals surface area contributed by atoms with E-state index in [-0.39, 0.29) is 6.61 Å². The highest BCUT2D eigenvalue weighted by atomic mass is 16.5. The molecule has 0 saturated carbocycles. The first-order valence-corrected chi connectivity index (χ1v) is 7.04. The predicted octanol–water partition coefficient (Wildman–Crippen LogP) is 3.38. The van der Waals surface area contributed by atoms with Gasteiger partial charge < -0.3 is 14.6 Å². The normalized spacial score (nSPS) is 11.2. The van der Waals surface area contributed by atoms with Crippen molar-refractivity contribution >= 4 is 10.8 Å². The lowest BCUT2D eigenvalue weighted by atomic mass is 10.0. The van der Waals surface area contributed by atoms with Crippen molar-refractivity contribution in [3.05, 3.63) is 42.0 Å². The Morgan fingerprint density at radius 1 is 1.05 bits per heavy atom. The molecule has 0 aliphatic carbocycles. The number of rotatable bonds is 7. The van der Waals surface area contributed by atoms with Crippen molar-refractivity contribution in [2.45, 2.75) is 20.5 Å². The highest BCUT2D eigenvalue weighted by Crippen LogP contribution is 2.28. The zero-order chi connectivity index (χ0) is 14.4. The quantitative estimate of drug-likeness (QED) is 0.787. The number of ether oxygens (including phenoxy) is 2. The van der Waals surface area contributed by atoms with Crippen molar-refractivity contribution in [1.29, 1.82) is 0 Å². The Labute approximate surface area is 120 Å². The molecular formula is C17H22O3. The van der Waals surface area contributed by atoms with E-state index in [0.29, 0.717) is 19.1 Å². The molecule has 0 heterocycles. The molecule has 2 aromatic carbocycles. The van der Waals surface area contributed by atoms with Crippen LogP contribution < -0.4 is 4.74 Å². The second-order valence-electron chi connectivity index (χ2n) is 5.24. The molecule has 0 unspecified atom stereocenters. The summed E-state index contributed by atoms with van der Waals surface area (Å²) in [5.74, 6) is 1.27. The molecule has 0 amide bonds. The van der Waals surface area contributed by atoms with Crippen LogP contribution in [0.1, 0.15) is 19.4 Å². The molecule has 2 rings (SSSR count). The van der Waals surface area contributed by atoms with Gasteiger partial charge in [-0.3, -0.25) is 0 Å². The maximum atomic E-state index is 9.58. The molecule has 3 heteroatoms. The molecule has 1 N–H and O–H groups in total. The SMILES string of the molecule is CC(C)COCCOc1ccc2ccccc2c1CO. The molecule has 0 aliphatic rings. The minimum atomic E-state index is -0.0243. The third-order valence-electron chi connectivity index (χ3n) is 3.09. The average Bonchev–Trinajstić information content (AvgIpc) is 2.46. The van der Waals surface area contributed by atoms with E-state index in [1.54, 1.807) is 0 Å². The van der Waals surface area contributed by atoms with Gasteiger partial charge in [-0.15, -0.1) is 0 Å². The lowest BCUT2D eigenvalue weighted by Crippen LogP contribution is -2.11. The second kappa shape index (κ2) is 7.27. The number of hydrogen-bond donors (Lipinski definition) is 1.